The third-order valence-corrected chi connectivity index (χ3v) is 3.44. The highest BCUT2D eigenvalue weighted by Gasteiger charge is 2.25. The predicted octanol–water partition coefficient (Wildman–Crippen LogP) is 2.13. The molecule has 0 spiro atoms. The van der Waals surface area contributed by atoms with Crippen LogP contribution in [0, 0.1) is 0 Å². The molecule has 2 rings (SSSR count). The molecule has 1 aromatic carbocycles. The van der Waals surface area contributed by atoms with Crippen molar-refractivity contribution in [2.24, 2.45) is 0 Å². The van der Waals surface area contributed by atoms with Crippen LogP contribution < -0.4 is 4.74 Å². The van der Waals surface area contributed by atoms with Gasteiger partial charge in [-0.2, -0.15) is 0 Å². The molecule has 0 radical (unpaired) electrons. The van der Waals surface area contributed by atoms with Crippen molar-refractivity contribution in [1.29, 1.82) is 0 Å². The van der Waals surface area contributed by atoms with Crippen LogP contribution in [0.15, 0.2) is 24.3 Å². The maximum atomic E-state index is 12.2. The highest BCUT2D eigenvalue weighted by atomic mass is 16.5. The first-order valence-corrected chi connectivity index (χ1v) is 6.82. The molecule has 1 saturated heterocycles. The van der Waals surface area contributed by atoms with Crippen LogP contribution >= 0.6 is 0 Å². The Morgan fingerprint density at radius 2 is 1.89 bits per heavy atom. The largest absolute Gasteiger partial charge is 0.481 e. The molecule has 1 fully saturated rings. The van der Waals surface area contributed by atoms with E-state index in [1.54, 1.807) is 19.9 Å². The minimum Gasteiger partial charge on any atom is -0.481 e. The molecule has 1 aliphatic heterocycles. The Bertz CT molecular complexity index is 439. The number of likely N-dealkylation sites (tertiary alicyclic amines) is 1. The normalized spacial score (nSPS) is 18.2. The highest BCUT2D eigenvalue weighted by Crippen LogP contribution is 2.26. The number of aliphatic hydroxyl groups excluding tert-OH is 1. The lowest BCUT2D eigenvalue weighted by Crippen LogP contribution is -2.38. The number of nitrogens with zero attached hydrogens (tertiary/aromatic N) is 1. The molecule has 104 valence electrons. The van der Waals surface area contributed by atoms with Crippen LogP contribution in [0.5, 0.6) is 5.75 Å². The van der Waals surface area contributed by atoms with Crippen molar-refractivity contribution in [2.75, 3.05) is 13.1 Å². The summed E-state index contributed by atoms with van der Waals surface area (Å²) < 4.78 is 5.73. The molecular formula is C15H21NO3. The summed E-state index contributed by atoms with van der Waals surface area (Å²) >= 11 is 0. The standard InChI is InChI=1S/C15H21NO3/c1-11(17)13-7-3-4-8-14(13)19-12(2)15(18)16-9-5-6-10-16/h3-4,7-8,11-12,17H,5-6,9-10H2,1-2H3. The van der Waals surface area contributed by atoms with E-state index in [0.717, 1.165) is 25.9 Å². The lowest BCUT2D eigenvalue weighted by atomic mass is 10.1. The van der Waals surface area contributed by atoms with E-state index in [9.17, 15) is 9.90 Å². The first-order valence-electron chi connectivity index (χ1n) is 6.82. The SMILES string of the molecule is CC(Oc1ccccc1C(C)O)C(=O)N1CCCC1. The minimum absolute atomic E-state index is 0.0258. The van der Waals surface area contributed by atoms with Gasteiger partial charge in [0.2, 0.25) is 0 Å². The van der Waals surface area contributed by atoms with Gasteiger partial charge in [0.25, 0.3) is 5.91 Å². The molecule has 4 nitrogen and oxygen atoms in total. The Balaban J connectivity index is 2.06. The third-order valence-electron chi connectivity index (χ3n) is 3.44. The number of hydrogen-bond acceptors (Lipinski definition) is 3. The first kappa shape index (κ1) is 13.9. The van der Waals surface area contributed by atoms with E-state index >= 15 is 0 Å². The Morgan fingerprint density at radius 3 is 2.53 bits per heavy atom. The molecule has 0 aliphatic carbocycles. The molecule has 2 unspecified atom stereocenters. The zero-order chi connectivity index (χ0) is 13.8. The summed E-state index contributed by atoms with van der Waals surface area (Å²) in [6.45, 7) is 5.10. The number of hydrogen-bond donors (Lipinski definition) is 1. The van der Waals surface area contributed by atoms with Gasteiger partial charge >= 0.3 is 0 Å². The monoisotopic (exact) mass is 263 g/mol. The van der Waals surface area contributed by atoms with Gasteiger partial charge < -0.3 is 14.7 Å². The van der Waals surface area contributed by atoms with E-state index < -0.39 is 12.2 Å². The number of amides is 1. The van der Waals surface area contributed by atoms with Gasteiger partial charge in [-0.1, -0.05) is 18.2 Å². The summed E-state index contributed by atoms with van der Waals surface area (Å²) in [5.74, 6) is 0.607. The molecule has 0 saturated carbocycles. The maximum Gasteiger partial charge on any atom is 0.263 e. The third kappa shape index (κ3) is 3.26. The van der Waals surface area contributed by atoms with Crippen molar-refractivity contribution < 1.29 is 14.6 Å². The lowest BCUT2D eigenvalue weighted by Gasteiger charge is -2.22. The van der Waals surface area contributed by atoms with E-state index in [1.165, 1.54) is 0 Å². The first-order chi connectivity index (χ1) is 9.09. The Morgan fingerprint density at radius 1 is 1.26 bits per heavy atom. The van der Waals surface area contributed by atoms with Crippen molar-refractivity contribution in [3.8, 4) is 5.75 Å². The zero-order valence-electron chi connectivity index (χ0n) is 11.5. The van der Waals surface area contributed by atoms with E-state index in [2.05, 4.69) is 0 Å². The highest BCUT2D eigenvalue weighted by molar-refractivity contribution is 5.81. The van der Waals surface area contributed by atoms with E-state index in [-0.39, 0.29) is 5.91 Å². The number of benzene rings is 1. The topological polar surface area (TPSA) is 49.8 Å². The summed E-state index contributed by atoms with van der Waals surface area (Å²) in [5.41, 5.74) is 0.712. The van der Waals surface area contributed by atoms with Crippen LogP contribution in [0.1, 0.15) is 38.4 Å². The van der Waals surface area contributed by atoms with Crippen LogP contribution in [0.3, 0.4) is 0 Å². The lowest BCUT2D eigenvalue weighted by molar-refractivity contribution is -0.136. The fraction of sp³-hybridized carbons (Fsp3) is 0.533. The number of carbonyl (C=O) groups is 1. The molecule has 1 heterocycles. The van der Waals surface area contributed by atoms with Crippen molar-refractivity contribution in [1.82, 2.24) is 4.90 Å². The Hall–Kier alpha value is -1.55. The molecule has 1 amide bonds. The van der Waals surface area contributed by atoms with E-state index in [4.69, 9.17) is 4.74 Å². The number of carbonyl (C=O) groups excluding carboxylic acids is 1. The fourth-order valence-corrected chi connectivity index (χ4v) is 2.37. The van der Waals surface area contributed by atoms with Gasteiger partial charge in [-0.25, -0.2) is 0 Å². The summed E-state index contributed by atoms with van der Waals surface area (Å²) in [6.07, 6.45) is 1.02. The molecule has 0 aromatic heterocycles. The van der Waals surface area contributed by atoms with Gasteiger partial charge in [0, 0.05) is 18.7 Å². The molecule has 4 heteroatoms. The van der Waals surface area contributed by atoms with Gasteiger partial charge in [0.05, 0.1) is 6.10 Å². The number of ether oxygens (including phenoxy) is 1. The summed E-state index contributed by atoms with van der Waals surface area (Å²) in [4.78, 5) is 14.0. The van der Waals surface area contributed by atoms with Crippen LogP contribution in [-0.4, -0.2) is 35.1 Å². The maximum absolute atomic E-state index is 12.2. The summed E-state index contributed by atoms with van der Waals surface area (Å²) in [6, 6.07) is 7.29. The van der Waals surface area contributed by atoms with Gasteiger partial charge in [0.15, 0.2) is 6.10 Å². The molecular weight excluding hydrogens is 242 g/mol. The fourth-order valence-electron chi connectivity index (χ4n) is 2.37. The second kappa shape index (κ2) is 6.06. The minimum atomic E-state index is -0.606. The average Bonchev–Trinajstić information content (AvgIpc) is 2.92. The molecule has 1 aliphatic rings. The van der Waals surface area contributed by atoms with Gasteiger partial charge in [-0.05, 0) is 32.8 Å². The Kier molecular flexibility index (Phi) is 4.43. The molecule has 0 bridgehead atoms. The van der Waals surface area contributed by atoms with E-state index in [0.29, 0.717) is 11.3 Å². The second-order valence-corrected chi connectivity index (χ2v) is 5.01. The summed E-state index contributed by atoms with van der Waals surface area (Å²) in [5, 5.41) is 9.69. The van der Waals surface area contributed by atoms with Crippen molar-refractivity contribution >= 4 is 5.91 Å². The number of aliphatic hydroxyl groups is 1. The quantitative estimate of drug-likeness (QED) is 0.905. The number of para-hydroxylation sites is 1. The van der Waals surface area contributed by atoms with Crippen LogP contribution in [0.4, 0.5) is 0 Å². The molecule has 1 aromatic rings. The zero-order valence-corrected chi connectivity index (χ0v) is 11.5. The van der Waals surface area contributed by atoms with Gasteiger partial charge in [-0.15, -0.1) is 0 Å². The summed E-state index contributed by atoms with van der Waals surface area (Å²) in [7, 11) is 0. The van der Waals surface area contributed by atoms with Gasteiger partial charge in [0.1, 0.15) is 5.75 Å². The van der Waals surface area contributed by atoms with Crippen LogP contribution in [0.2, 0.25) is 0 Å². The molecule has 2 atom stereocenters. The van der Waals surface area contributed by atoms with Gasteiger partial charge in [-0.3, -0.25) is 4.79 Å². The predicted molar refractivity (Wildman–Crippen MR) is 73.0 cm³/mol. The second-order valence-electron chi connectivity index (χ2n) is 5.01. The van der Waals surface area contributed by atoms with Crippen molar-refractivity contribution in [2.45, 2.75) is 38.9 Å². The Labute approximate surface area is 114 Å². The van der Waals surface area contributed by atoms with Crippen molar-refractivity contribution in [3.05, 3.63) is 29.8 Å². The number of rotatable bonds is 4. The smallest absolute Gasteiger partial charge is 0.263 e. The molecule has 19 heavy (non-hydrogen) atoms. The van der Waals surface area contributed by atoms with Crippen LogP contribution in [-0.2, 0) is 4.79 Å². The van der Waals surface area contributed by atoms with E-state index in [1.807, 2.05) is 23.1 Å². The molecule has 1 N–H and O–H groups in total. The van der Waals surface area contributed by atoms with Crippen LogP contribution in [0.25, 0.3) is 0 Å². The average molecular weight is 263 g/mol. The van der Waals surface area contributed by atoms with Crippen molar-refractivity contribution in [3.63, 3.8) is 0 Å².